The number of nitrogens with one attached hydrogen (secondary N) is 1. The molecule has 1 aromatic carbocycles. The third-order valence-electron chi connectivity index (χ3n) is 3.22. The Hall–Kier alpha value is -1.26. The summed E-state index contributed by atoms with van der Waals surface area (Å²) in [7, 11) is 4.08. The first-order chi connectivity index (χ1) is 8.75. The van der Waals surface area contributed by atoms with Crippen molar-refractivity contribution in [2.24, 2.45) is 0 Å². The largest absolute Gasteiger partial charge is 0.492 e. The van der Waals surface area contributed by atoms with E-state index in [1.54, 1.807) is 0 Å². The molecule has 18 heavy (non-hydrogen) atoms. The van der Waals surface area contributed by atoms with E-state index < -0.39 is 0 Å². The van der Waals surface area contributed by atoms with Crippen molar-refractivity contribution < 1.29 is 4.74 Å². The van der Waals surface area contributed by atoms with Gasteiger partial charge in [-0.25, -0.2) is 0 Å². The molecule has 100 valence electrons. The second-order valence-electron chi connectivity index (χ2n) is 4.83. The Morgan fingerprint density at radius 1 is 1.28 bits per heavy atom. The molecule has 1 saturated heterocycles. The van der Waals surface area contributed by atoms with Crippen molar-refractivity contribution in [1.82, 2.24) is 10.2 Å². The van der Waals surface area contributed by atoms with Crippen molar-refractivity contribution >= 4 is 5.69 Å². The van der Waals surface area contributed by atoms with Gasteiger partial charge in [0.25, 0.3) is 0 Å². The van der Waals surface area contributed by atoms with Gasteiger partial charge in [0.05, 0.1) is 0 Å². The Morgan fingerprint density at radius 3 is 2.78 bits per heavy atom. The summed E-state index contributed by atoms with van der Waals surface area (Å²) in [6.45, 7) is 6.21. The molecule has 0 aliphatic carbocycles. The summed E-state index contributed by atoms with van der Waals surface area (Å²) in [6, 6.07) is 8.22. The molecule has 0 unspecified atom stereocenters. The van der Waals surface area contributed by atoms with Gasteiger partial charge in [0.1, 0.15) is 12.4 Å². The summed E-state index contributed by atoms with van der Waals surface area (Å²) in [4.78, 5) is 4.52. The Balaban J connectivity index is 1.77. The molecule has 1 aliphatic rings. The van der Waals surface area contributed by atoms with E-state index in [2.05, 4.69) is 27.2 Å². The summed E-state index contributed by atoms with van der Waals surface area (Å²) in [5.41, 5.74) is 1.18. The van der Waals surface area contributed by atoms with Crippen LogP contribution in [0.3, 0.4) is 0 Å². The fraction of sp³-hybridized carbons (Fsp3) is 0.571. The normalized spacial score (nSPS) is 16.6. The molecule has 4 nitrogen and oxygen atoms in total. The Labute approximate surface area is 110 Å². The van der Waals surface area contributed by atoms with E-state index in [9.17, 15) is 0 Å². The van der Waals surface area contributed by atoms with Crippen LogP contribution in [0.5, 0.6) is 5.75 Å². The average Bonchev–Trinajstić information content (AvgIpc) is 2.40. The fourth-order valence-corrected chi connectivity index (χ4v) is 2.08. The van der Waals surface area contributed by atoms with E-state index in [0.29, 0.717) is 0 Å². The maximum Gasteiger partial charge on any atom is 0.121 e. The number of nitrogens with zero attached hydrogens (tertiary/aromatic N) is 2. The molecule has 0 bridgehead atoms. The van der Waals surface area contributed by atoms with E-state index in [0.717, 1.165) is 45.1 Å². The molecular formula is C14H23N3O. The average molecular weight is 249 g/mol. The maximum atomic E-state index is 5.81. The molecule has 0 saturated carbocycles. The van der Waals surface area contributed by atoms with E-state index in [1.165, 1.54) is 5.69 Å². The number of hydrogen-bond acceptors (Lipinski definition) is 4. The van der Waals surface area contributed by atoms with Crippen LogP contribution in [0.1, 0.15) is 0 Å². The Morgan fingerprint density at radius 2 is 2.06 bits per heavy atom. The lowest BCUT2D eigenvalue weighted by Crippen LogP contribution is -2.44. The zero-order chi connectivity index (χ0) is 12.8. The molecule has 1 fully saturated rings. The van der Waals surface area contributed by atoms with Crippen LogP contribution in [0.4, 0.5) is 5.69 Å². The highest BCUT2D eigenvalue weighted by atomic mass is 16.5. The topological polar surface area (TPSA) is 27.7 Å². The summed E-state index contributed by atoms with van der Waals surface area (Å²) < 4.78 is 5.81. The highest BCUT2D eigenvalue weighted by molar-refractivity contribution is 5.49. The molecule has 4 heteroatoms. The maximum absolute atomic E-state index is 5.81. The summed E-state index contributed by atoms with van der Waals surface area (Å²) >= 11 is 0. The highest BCUT2D eigenvalue weighted by Gasteiger charge is 2.08. The summed E-state index contributed by atoms with van der Waals surface area (Å²) in [5.74, 6) is 0.955. The predicted molar refractivity (Wildman–Crippen MR) is 75.6 cm³/mol. The number of hydrogen-bond donors (Lipinski definition) is 1. The van der Waals surface area contributed by atoms with Gasteiger partial charge in [0, 0.05) is 58.6 Å². The first-order valence-corrected chi connectivity index (χ1v) is 6.59. The number of rotatable bonds is 5. The van der Waals surface area contributed by atoms with Crippen molar-refractivity contribution in [3.8, 4) is 5.75 Å². The molecule has 1 aliphatic heterocycles. The Bertz CT molecular complexity index is 362. The number of anilines is 1. The van der Waals surface area contributed by atoms with Gasteiger partial charge in [-0.2, -0.15) is 0 Å². The number of piperazine rings is 1. The van der Waals surface area contributed by atoms with Crippen LogP contribution in [0, 0.1) is 0 Å². The van der Waals surface area contributed by atoms with Gasteiger partial charge in [-0.3, -0.25) is 4.90 Å². The zero-order valence-corrected chi connectivity index (χ0v) is 11.4. The SMILES string of the molecule is CN(C)c1cccc(OCCN2CCNCC2)c1. The van der Waals surface area contributed by atoms with Crippen molar-refractivity contribution in [3.05, 3.63) is 24.3 Å². The zero-order valence-electron chi connectivity index (χ0n) is 11.4. The van der Waals surface area contributed by atoms with Crippen LogP contribution in [0.15, 0.2) is 24.3 Å². The van der Waals surface area contributed by atoms with E-state index in [4.69, 9.17) is 4.74 Å². The third-order valence-corrected chi connectivity index (χ3v) is 3.22. The molecule has 1 aromatic rings. The van der Waals surface area contributed by atoms with E-state index in [-0.39, 0.29) is 0 Å². The lowest BCUT2D eigenvalue weighted by molar-refractivity contribution is 0.191. The molecule has 2 rings (SSSR count). The van der Waals surface area contributed by atoms with Gasteiger partial charge in [-0.1, -0.05) is 6.07 Å². The fourth-order valence-electron chi connectivity index (χ4n) is 2.08. The lowest BCUT2D eigenvalue weighted by Gasteiger charge is -2.27. The first-order valence-electron chi connectivity index (χ1n) is 6.59. The summed E-state index contributed by atoms with van der Waals surface area (Å²) in [6.07, 6.45) is 0. The molecule has 1 heterocycles. The molecule has 0 amide bonds. The van der Waals surface area contributed by atoms with Crippen molar-refractivity contribution in [3.63, 3.8) is 0 Å². The number of benzene rings is 1. The second kappa shape index (κ2) is 6.61. The van der Waals surface area contributed by atoms with Gasteiger partial charge in [-0.15, -0.1) is 0 Å². The molecule has 0 aromatic heterocycles. The minimum Gasteiger partial charge on any atom is -0.492 e. The van der Waals surface area contributed by atoms with Crippen molar-refractivity contribution in [1.29, 1.82) is 0 Å². The lowest BCUT2D eigenvalue weighted by atomic mass is 10.3. The van der Waals surface area contributed by atoms with Gasteiger partial charge in [-0.05, 0) is 12.1 Å². The molecular weight excluding hydrogens is 226 g/mol. The smallest absolute Gasteiger partial charge is 0.121 e. The minimum atomic E-state index is 0.761. The van der Waals surface area contributed by atoms with E-state index in [1.807, 2.05) is 26.2 Å². The first kappa shape index (κ1) is 13.2. The molecule has 0 radical (unpaired) electrons. The monoisotopic (exact) mass is 249 g/mol. The molecule has 0 atom stereocenters. The second-order valence-corrected chi connectivity index (χ2v) is 4.83. The van der Waals surface area contributed by atoms with Gasteiger partial charge in [0.15, 0.2) is 0 Å². The van der Waals surface area contributed by atoms with Crippen LogP contribution in [-0.2, 0) is 0 Å². The molecule has 0 spiro atoms. The third kappa shape index (κ3) is 3.89. The quantitative estimate of drug-likeness (QED) is 0.844. The van der Waals surface area contributed by atoms with Crippen LogP contribution < -0.4 is 15.0 Å². The van der Waals surface area contributed by atoms with Gasteiger partial charge >= 0.3 is 0 Å². The van der Waals surface area contributed by atoms with E-state index >= 15 is 0 Å². The summed E-state index contributed by atoms with van der Waals surface area (Å²) in [5, 5.41) is 3.35. The van der Waals surface area contributed by atoms with Gasteiger partial charge in [0.2, 0.25) is 0 Å². The van der Waals surface area contributed by atoms with Crippen LogP contribution >= 0.6 is 0 Å². The van der Waals surface area contributed by atoms with Crippen molar-refractivity contribution in [2.45, 2.75) is 0 Å². The predicted octanol–water partition coefficient (Wildman–Crippen LogP) is 1.04. The van der Waals surface area contributed by atoms with Crippen LogP contribution in [0.25, 0.3) is 0 Å². The van der Waals surface area contributed by atoms with Crippen LogP contribution in [-0.4, -0.2) is 58.3 Å². The Kier molecular flexibility index (Phi) is 4.84. The van der Waals surface area contributed by atoms with Gasteiger partial charge < -0.3 is 15.0 Å². The highest BCUT2D eigenvalue weighted by Crippen LogP contribution is 2.19. The van der Waals surface area contributed by atoms with Crippen molar-refractivity contribution in [2.75, 3.05) is 58.3 Å². The minimum absolute atomic E-state index is 0.761. The standard InChI is InChI=1S/C14H23N3O/c1-16(2)13-4-3-5-14(12-13)18-11-10-17-8-6-15-7-9-17/h3-5,12,15H,6-11H2,1-2H3. The number of ether oxygens (including phenoxy) is 1. The molecule has 1 N–H and O–H groups in total. The van der Waals surface area contributed by atoms with Crippen LogP contribution in [0.2, 0.25) is 0 Å².